The highest BCUT2D eigenvalue weighted by atomic mass is 32.2. The van der Waals surface area contributed by atoms with Gasteiger partial charge in [-0.05, 0) is 61.4 Å². The number of hydrogen-bond donors (Lipinski definition) is 2. The average molecular weight is 433 g/mol. The Bertz CT molecular complexity index is 1080. The van der Waals surface area contributed by atoms with Crippen LogP contribution in [0.3, 0.4) is 0 Å². The number of primary sulfonamides is 1. The van der Waals surface area contributed by atoms with Gasteiger partial charge in [0.2, 0.25) is 10.0 Å². The van der Waals surface area contributed by atoms with Crippen LogP contribution in [0.25, 0.3) is 0 Å². The van der Waals surface area contributed by atoms with E-state index in [2.05, 4.69) is 17.4 Å². The van der Waals surface area contributed by atoms with Crippen molar-refractivity contribution >= 4 is 21.6 Å². The fraction of sp³-hybridized carbons (Fsp3) is 0.350. The molecule has 2 aromatic rings. The van der Waals surface area contributed by atoms with Gasteiger partial charge in [-0.1, -0.05) is 18.2 Å². The predicted octanol–water partition coefficient (Wildman–Crippen LogP) is 2.38. The number of carbonyl (C=O) groups excluding carboxylic acids is 1. The lowest BCUT2D eigenvalue weighted by molar-refractivity contribution is -0.386. The first-order chi connectivity index (χ1) is 14.1. The second-order valence-corrected chi connectivity index (χ2v) is 8.81. The summed E-state index contributed by atoms with van der Waals surface area (Å²) in [5, 5.41) is 19.0. The maximum absolute atomic E-state index is 12.3. The summed E-state index contributed by atoms with van der Waals surface area (Å²) in [4.78, 5) is 22.3. The second kappa shape index (κ2) is 8.80. The topological polar surface area (TPSA) is 142 Å². The number of fused-ring (bicyclic) bond motifs is 1. The molecule has 1 aliphatic carbocycles. The highest BCUT2D eigenvalue weighted by molar-refractivity contribution is 7.89. The maximum atomic E-state index is 12.3. The van der Waals surface area contributed by atoms with Crippen molar-refractivity contribution in [3.63, 3.8) is 0 Å². The van der Waals surface area contributed by atoms with E-state index >= 15 is 0 Å². The zero-order valence-corrected chi connectivity index (χ0v) is 17.3. The number of rotatable bonds is 7. The summed E-state index contributed by atoms with van der Waals surface area (Å²) in [5.41, 5.74) is 3.05. The lowest BCUT2D eigenvalue weighted by atomic mass is 9.89. The summed E-state index contributed by atoms with van der Waals surface area (Å²) in [6, 6.07) is 8.94. The van der Waals surface area contributed by atoms with E-state index in [0.717, 1.165) is 43.0 Å². The Kier molecular flexibility index (Phi) is 6.37. The van der Waals surface area contributed by atoms with Gasteiger partial charge in [-0.2, -0.15) is 0 Å². The number of nitrogens with two attached hydrogens (primary N) is 1. The molecule has 0 saturated carbocycles. The number of aryl methyl sites for hydroxylation is 2. The van der Waals surface area contributed by atoms with Crippen LogP contribution in [0.1, 0.15) is 42.5 Å². The van der Waals surface area contributed by atoms with Gasteiger partial charge in [0.05, 0.1) is 15.9 Å². The normalized spacial score (nSPS) is 14.5. The van der Waals surface area contributed by atoms with Crippen molar-refractivity contribution in [1.82, 2.24) is 5.32 Å². The molecule has 9 nitrogen and oxygen atoms in total. The second-order valence-electron chi connectivity index (χ2n) is 7.24. The third kappa shape index (κ3) is 5.14. The number of nitro benzene ring substituents is 1. The summed E-state index contributed by atoms with van der Waals surface area (Å²) < 4.78 is 28.0. The lowest BCUT2D eigenvalue weighted by Gasteiger charge is -2.20. The molecule has 0 bridgehead atoms. The zero-order chi connectivity index (χ0) is 21.9. The van der Waals surface area contributed by atoms with Gasteiger partial charge in [0.1, 0.15) is 0 Å². The summed E-state index contributed by atoms with van der Waals surface area (Å²) in [6.07, 6.45) is 4.46. The molecule has 30 heavy (non-hydrogen) atoms. The predicted molar refractivity (Wildman–Crippen MR) is 110 cm³/mol. The van der Waals surface area contributed by atoms with E-state index in [1.54, 1.807) is 0 Å². The highest BCUT2D eigenvalue weighted by Crippen LogP contribution is 2.29. The minimum absolute atomic E-state index is 0.219. The van der Waals surface area contributed by atoms with Crippen LogP contribution in [0.2, 0.25) is 0 Å². The first-order valence-electron chi connectivity index (χ1n) is 9.50. The zero-order valence-electron chi connectivity index (χ0n) is 16.5. The van der Waals surface area contributed by atoms with Crippen molar-refractivity contribution in [3.05, 3.63) is 63.2 Å². The molecule has 3 N–H and O–H groups in total. The van der Waals surface area contributed by atoms with Crippen LogP contribution in [-0.4, -0.2) is 25.9 Å². The molecular weight excluding hydrogens is 410 g/mol. The number of sulfonamides is 1. The SMILES string of the molecule is C[C@H](NC(=O)COc1ccc(S(N)(=O)=O)cc1[N+](=O)[O-])c1ccc2c(c1)CCCC2. The third-order valence-corrected chi connectivity index (χ3v) is 5.98. The standard InChI is InChI=1S/C20H23N3O6S/c1-13(15-7-6-14-4-2-3-5-16(14)10-15)22-20(24)12-29-19-9-8-17(30(21,27)28)11-18(19)23(25)26/h6-11,13H,2-5,12H2,1H3,(H,22,24)(H2,21,27,28)/t13-/m0/s1. The molecule has 160 valence electrons. The molecule has 0 saturated heterocycles. The summed E-state index contributed by atoms with van der Waals surface area (Å²) >= 11 is 0. The van der Waals surface area contributed by atoms with Crippen LogP contribution in [0.4, 0.5) is 5.69 Å². The molecular formula is C20H23N3O6S. The molecule has 0 aliphatic heterocycles. The van der Waals surface area contributed by atoms with Gasteiger partial charge in [-0.15, -0.1) is 0 Å². The Hall–Kier alpha value is -2.98. The van der Waals surface area contributed by atoms with Gasteiger partial charge >= 0.3 is 5.69 Å². The Morgan fingerprint density at radius 2 is 1.90 bits per heavy atom. The third-order valence-electron chi connectivity index (χ3n) is 5.06. The van der Waals surface area contributed by atoms with Crippen molar-refractivity contribution in [2.75, 3.05) is 6.61 Å². The number of carbonyl (C=O) groups is 1. The fourth-order valence-electron chi connectivity index (χ4n) is 3.47. The van der Waals surface area contributed by atoms with Gasteiger partial charge < -0.3 is 10.1 Å². The summed E-state index contributed by atoms with van der Waals surface area (Å²) in [5.74, 6) is -0.672. The average Bonchev–Trinajstić information content (AvgIpc) is 2.70. The van der Waals surface area contributed by atoms with Crippen molar-refractivity contribution < 1.29 is 22.9 Å². The van der Waals surface area contributed by atoms with Gasteiger partial charge in [0.15, 0.2) is 12.4 Å². The molecule has 3 rings (SSSR count). The number of benzene rings is 2. The fourth-order valence-corrected chi connectivity index (χ4v) is 4.00. The number of nitrogens with zero attached hydrogens (tertiary/aromatic N) is 1. The van der Waals surface area contributed by atoms with E-state index in [1.165, 1.54) is 17.5 Å². The molecule has 1 amide bonds. The Balaban J connectivity index is 1.65. The minimum atomic E-state index is -4.10. The smallest absolute Gasteiger partial charge is 0.312 e. The molecule has 0 unspecified atom stereocenters. The van der Waals surface area contributed by atoms with Gasteiger partial charge in [0, 0.05) is 6.07 Å². The quantitative estimate of drug-likeness (QED) is 0.507. The number of nitro groups is 1. The first kappa shape index (κ1) is 21.7. The summed E-state index contributed by atoms with van der Waals surface area (Å²) in [6.45, 7) is 1.40. The van der Waals surface area contributed by atoms with Crippen LogP contribution in [-0.2, 0) is 27.7 Å². The van der Waals surface area contributed by atoms with Crippen LogP contribution in [0.5, 0.6) is 5.75 Å². The van der Waals surface area contributed by atoms with Gasteiger partial charge in [-0.25, -0.2) is 13.6 Å². The van der Waals surface area contributed by atoms with E-state index in [9.17, 15) is 23.3 Å². The molecule has 0 spiro atoms. The Morgan fingerprint density at radius 1 is 1.20 bits per heavy atom. The van der Waals surface area contributed by atoms with Crippen LogP contribution < -0.4 is 15.2 Å². The molecule has 0 aromatic heterocycles. The minimum Gasteiger partial charge on any atom is -0.477 e. The van der Waals surface area contributed by atoms with Gasteiger partial charge in [0.25, 0.3) is 5.91 Å². The van der Waals surface area contributed by atoms with Crippen molar-refractivity contribution in [3.8, 4) is 5.75 Å². The molecule has 0 radical (unpaired) electrons. The molecule has 1 aliphatic rings. The molecule has 0 fully saturated rings. The van der Waals surface area contributed by atoms with E-state index in [-0.39, 0.29) is 11.8 Å². The Labute approximate surface area is 174 Å². The van der Waals surface area contributed by atoms with E-state index in [1.807, 2.05) is 13.0 Å². The van der Waals surface area contributed by atoms with E-state index < -0.39 is 38.0 Å². The molecule has 2 aromatic carbocycles. The van der Waals surface area contributed by atoms with E-state index in [4.69, 9.17) is 9.88 Å². The van der Waals surface area contributed by atoms with Crippen molar-refractivity contribution in [1.29, 1.82) is 0 Å². The summed E-state index contributed by atoms with van der Waals surface area (Å²) in [7, 11) is -4.10. The van der Waals surface area contributed by atoms with Crippen LogP contribution in [0, 0.1) is 10.1 Å². The number of nitrogens with one attached hydrogen (secondary N) is 1. The molecule has 1 atom stereocenters. The van der Waals surface area contributed by atoms with Crippen molar-refractivity contribution in [2.24, 2.45) is 5.14 Å². The number of hydrogen-bond acceptors (Lipinski definition) is 6. The van der Waals surface area contributed by atoms with Crippen LogP contribution in [0.15, 0.2) is 41.3 Å². The van der Waals surface area contributed by atoms with E-state index in [0.29, 0.717) is 0 Å². The van der Waals surface area contributed by atoms with Gasteiger partial charge in [-0.3, -0.25) is 14.9 Å². The first-order valence-corrected chi connectivity index (χ1v) is 11.0. The van der Waals surface area contributed by atoms with Crippen molar-refractivity contribution in [2.45, 2.75) is 43.5 Å². The number of amides is 1. The van der Waals surface area contributed by atoms with Crippen LogP contribution >= 0.6 is 0 Å². The largest absolute Gasteiger partial charge is 0.477 e. The lowest BCUT2D eigenvalue weighted by Crippen LogP contribution is -2.31. The molecule has 10 heteroatoms. The Morgan fingerprint density at radius 3 is 2.57 bits per heavy atom. The number of ether oxygens (including phenoxy) is 1. The monoisotopic (exact) mass is 433 g/mol. The highest BCUT2D eigenvalue weighted by Gasteiger charge is 2.21. The maximum Gasteiger partial charge on any atom is 0.312 e. The molecule has 0 heterocycles.